The maximum Gasteiger partial charge on any atom is 0.253 e. The number of rotatable bonds is 9. The third kappa shape index (κ3) is 6.12. The first-order chi connectivity index (χ1) is 25.6. The summed E-state index contributed by atoms with van der Waals surface area (Å²) in [6, 6.07) is 22.6. The summed E-state index contributed by atoms with van der Waals surface area (Å²) in [6.07, 6.45) is 11.1. The summed E-state index contributed by atoms with van der Waals surface area (Å²) < 4.78 is 3.89. The van der Waals surface area contributed by atoms with Crippen molar-refractivity contribution in [3.05, 3.63) is 109 Å². The number of nitrogens with one attached hydrogen (secondary N) is 3. The second kappa shape index (κ2) is 13.4. The van der Waals surface area contributed by atoms with Crippen molar-refractivity contribution in [2.24, 2.45) is 5.92 Å². The fourth-order valence-electron chi connectivity index (χ4n) is 7.33. The van der Waals surface area contributed by atoms with Crippen LogP contribution in [0.2, 0.25) is 0 Å². The van der Waals surface area contributed by atoms with Crippen molar-refractivity contribution in [3.63, 3.8) is 0 Å². The van der Waals surface area contributed by atoms with Gasteiger partial charge in [-0.2, -0.15) is 0 Å². The smallest absolute Gasteiger partial charge is 0.253 e. The van der Waals surface area contributed by atoms with Crippen LogP contribution in [0.4, 0.5) is 5.82 Å². The van der Waals surface area contributed by atoms with Gasteiger partial charge < -0.3 is 25.1 Å². The van der Waals surface area contributed by atoms with Crippen molar-refractivity contribution in [1.29, 1.82) is 0 Å². The number of benzene rings is 2. The lowest BCUT2D eigenvalue weighted by Crippen LogP contribution is -2.52. The first-order valence-corrected chi connectivity index (χ1v) is 17.6. The average Bonchev–Trinajstić information content (AvgIpc) is 3.93. The molecule has 14 nitrogen and oxygen atoms in total. The number of nitrogens with zero attached hydrogens (tertiary/aromatic N) is 9. The van der Waals surface area contributed by atoms with Crippen LogP contribution in [0.1, 0.15) is 41.7 Å². The first kappa shape index (κ1) is 31.5. The van der Waals surface area contributed by atoms with Crippen LogP contribution in [0, 0.1) is 5.92 Å². The number of carbonyl (C=O) groups is 2. The molecule has 5 aromatic heterocycles. The van der Waals surface area contributed by atoms with Gasteiger partial charge in [-0.15, -0.1) is 5.10 Å². The predicted octanol–water partition coefficient (Wildman–Crippen LogP) is 4.29. The Kier molecular flexibility index (Phi) is 8.10. The lowest BCUT2D eigenvalue weighted by atomic mass is 9.79. The molecule has 0 atom stereocenters. The average molecular weight is 693 g/mol. The van der Waals surface area contributed by atoms with Gasteiger partial charge in [0.05, 0.1) is 36.5 Å². The van der Waals surface area contributed by atoms with Gasteiger partial charge in [-0.25, -0.2) is 19.6 Å². The van der Waals surface area contributed by atoms with Crippen LogP contribution in [0.3, 0.4) is 0 Å². The third-order valence-electron chi connectivity index (χ3n) is 10.2. The highest BCUT2D eigenvalue weighted by Gasteiger charge is 2.37. The van der Waals surface area contributed by atoms with Crippen molar-refractivity contribution >= 4 is 39.7 Å². The topological polar surface area (TPSA) is 164 Å². The monoisotopic (exact) mass is 692 g/mol. The standard InChI is InChI=1S/C38H36N12O2/c51-37(44-28-10-12-48(13-11-28)36-34-35(41-22-40-34)42-23-43-36)26-14-29(15-26)45-38(52)27-16-31(19-39-18-27)50-21-30(46-47-50)20-49-32-9-5-4-8-25(32)17-33(49)24-6-2-1-3-7-24/h1-9,16-19,21-23,26,28-29H,10-15,20H2,(H,44,51)(H,45,52)(H,40,41,42,43). The minimum Gasteiger partial charge on any atom is -0.355 e. The molecule has 0 bridgehead atoms. The molecular formula is C38H36N12O2. The third-order valence-corrected chi connectivity index (χ3v) is 10.2. The molecule has 52 heavy (non-hydrogen) atoms. The Balaban J connectivity index is 0.788. The number of amides is 2. The van der Waals surface area contributed by atoms with E-state index in [2.05, 4.69) is 85.7 Å². The Morgan fingerprint density at radius 3 is 2.58 bits per heavy atom. The van der Waals surface area contributed by atoms with E-state index in [1.165, 1.54) is 6.33 Å². The zero-order valence-electron chi connectivity index (χ0n) is 28.3. The Labute approximate surface area is 298 Å². The number of anilines is 1. The second-order valence-electron chi connectivity index (χ2n) is 13.5. The van der Waals surface area contributed by atoms with Crippen molar-refractivity contribution in [3.8, 4) is 16.9 Å². The largest absolute Gasteiger partial charge is 0.355 e. The van der Waals surface area contributed by atoms with Crippen LogP contribution >= 0.6 is 0 Å². The molecule has 7 aromatic rings. The lowest BCUT2D eigenvalue weighted by molar-refractivity contribution is -0.129. The van der Waals surface area contributed by atoms with Gasteiger partial charge in [0.15, 0.2) is 11.5 Å². The van der Waals surface area contributed by atoms with Crippen molar-refractivity contribution in [1.82, 2.24) is 55.1 Å². The number of aromatic amines is 1. The van der Waals surface area contributed by atoms with E-state index in [9.17, 15) is 9.59 Å². The van der Waals surface area contributed by atoms with Crippen LogP contribution in [-0.2, 0) is 11.3 Å². The van der Waals surface area contributed by atoms with E-state index in [-0.39, 0.29) is 29.8 Å². The Morgan fingerprint density at radius 1 is 0.885 bits per heavy atom. The lowest BCUT2D eigenvalue weighted by Gasteiger charge is -2.37. The summed E-state index contributed by atoms with van der Waals surface area (Å²) in [5.41, 5.74) is 6.66. The van der Waals surface area contributed by atoms with Crippen molar-refractivity contribution in [2.75, 3.05) is 18.0 Å². The molecule has 1 aliphatic heterocycles. The predicted molar refractivity (Wildman–Crippen MR) is 195 cm³/mol. The molecule has 0 spiro atoms. The highest BCUT2D eigenvalue weighted by Crippen LogP contribution is 2.31. The van der Waals surface area contributed by atoms with Gasteiger partial charge in [-0.1, -0.05) is 53.7 Å². The second-order valence-corrected chi connectivity index (χ2v) is 13.5. The van der Waals surface area contributed by atoms with Gasteiger partial charge in [-0.05, 0) is 49.4 Å². The zero-order valence-corrected chi connectivity index (χ0v) is 28.3. The van der Waals surface area contributed by atoms with Gasteiger partial charge in [0.1, 0.15) is 17.5 Å². The van der Waals surface area contributed by atoms with Gasteiger partial charge in [-0.3, -0.25) is 14.6 Å². The fraction of sp³-hybridized carbons (Fsp3) is 0.263. The van der Waals surface area contributed by atoms with E-state index in [0.29, 0.717) is 36.3 Å². The van der Waals surface area contributed by atoms with Crippen LogP contribution in [0.5, 0.6) is 0 Å². The van der Waals surface area contributed by atoms with Crippen LogP contribution in [0.15, 0.2) is 98.0 Å². The van der Waals surface area contributed by atoms with Gasteiger partial charge in [0.25, 0.3) is 5.91 Å². The molecule has 2 aromatic carbocycles. The molecule has 1 aliphatic carbocycles. The van der Waals surface area contributed by atoms with Crippen molar-refractivity contribution < 1.29 is 9.59 Å². The molecule has 1 saturated carbocycles. The zero-order chi connectivity index (χ0) is 35.0. The Morgan fingerprint density at radius 2 is 1.71 bits per heavy atom. The Hall–Kier alpha value is -6.44. The number of para-hydroxylation sites is 1. The first-order valence-electron chi connectivity index (χ1n) is 17.6. The summed E-state index contributed by atoms with van der Waals surface area (Å²) >= 11 is 0. The number of fused-ring (bicyclic) bond motifs is 2. The number of hydrogen-bond acceptors (Lipinski definition) is 9. The number of piperidine rings is 1. The minimum atomic E-state index is -0.228. The van der Waals surface area contributed by atoms with E-state index in [1.54, 1.807) is 29.5 Å². The van der Waals surface area contributed by atoms with Crippen LogP contribution in [-0.4, -0.2) is 81.5 Å². The summed E-state index contributed by atoms with van der Waals surface area (Å²) in [5.74, 6) is 0.549. The molecule has 2 fully saturated rings. The van der Waals surface area contributed by atoms with E-state index in [4.69, 9.17) is 0 Å². The van der Waals surface area contributed by atoms with Gasteiger partial charge in [0, 0.05) is 53.9 Å². The van der Waals surface area contributed by atoms with E-state index >= 15 is 0 Å². The Bertz CT molecular complexity index is 2390. The fourth-order valence-corrected chi connectivity index (χ4v) is 7.33. The van der Waals surface area contributed by atoms with Gasteiger partial charge in [0.2, 0.25) is 5.91 Å². The maximum absolute atomic E-state index is 13.2. The summed E-state index contributed by atoms with van der Waals surface area (Å²) in [5, 5.41) is 16.3. The molecule has 3 N–H and O–H groups in total. The molecule has 6 heterocycles. The normalized spacial score (nSPS) is 17.7. The molecule has 2 amide bonds. The molecule has 0 radical (unpaired) electrons. The van der Waals surface area contributed by atoms with Crippen LogP contribution < -0.4 is 15.5 Å². The van der Waals surface area contributed by atoms with Gasteiger partial charge >= 0.3 is 0 Å². The van der Waals surface area contributed by atoms with Crippen molar-refractivity contribution in [2.45, 2.75) is 44.3 Å². The molecule has 2 aliphatic rings. The maximum atomic E-state index is 13.2. The van der Waals surface area contributed by atoms with E-state index in [0.717, 1.165) is 65.1 Å². The molecule has 9 rings (SSSR count). The number of imidazole rings is 1. The summed E-state index contributed by atoms with van der Waals surface area (Å²) in [7, 11) is 0. The number of pyridine rings is 1. The molecule has 14 heteroatoms. The minimum absolute atomic E-state index is 0.0522. The van der Waals surface area contributed by atoms with E-state index in [1.807, 2.05) is 36.5 Å². The number of H-pyrrole nitrogens is 1. The molecular weight excluding hydrogens is 656 g/mol. The summed E-state index contributed by atoms with van der Waals surface area (Å²) in [6.45, 7) is 2.09. The summed E-state index contributed by atoms with van der Waals surface area (Å²) in [4.78, 5) is 48.8. The molecule has 1 saturated heterocycles. The van der Waals surface area contributed by atoms with Crippen LogP contribution in [0.25, 0.3) is 39.0 Å². The SMILES string of the molecule is O=C(NC1CC(C(=O)NC2CCN(c3ncnc4nc[nH]c34)CC2)C1)c1cncc(-n2cc(Cn3c(-c4ccccc4)cc4ccccc43)nn2)c1. The molecule has 260 valence electrons. The number of aromatic nitrogens is 9. The highest BCUT2D eigenvalue weighted by molar-refractivity contribution is 5.95. The van der Waals surface area contributed by atoms with E-state index < -0.39 is 0 Å². The number of hydrogen-bond donors (Lipinski definition) is 3. The quantitative estimate of drug-likeness (QED) is 0.200. The number of carbonyl (C=O) groups excluding carboxylic acids is 2. The molecule has 0 unspecified atom stereocenters. The highest BCUT2D eigenvalue weighted by atomic mass is 16.2.